The number of nitrogens with zero attached hydrogens (tertiary/aromatic N) is 2. The van der Waals surface area contributed by atoms with Crippen molar-refractivity contribution in [3.05, 3.63) is 0 Å². The fourth-order valence-corrected chi connectivity index (χ4v) is 2.57. The number of amides is 2. The molecule has 0 spiro atoms. The van der Waals surface area contributed by atoms with Crippen LogP contribution >= 0.6 is 0 Å². The molecule has 2 atom stereocenters. The van der Waals surface area contributed by atoms with Crippen molar-refractivity contribution < 1.29 is 28.2 Å². The smallest absolute Gasteiger partial charge is 0.326 e. The summed E-state index contributed by atoms with van der Waals surface area (Å²) in [4.78, 5) is 23.7. The molecular formula is C10H19N3O6S. The number of carbonyl (C=O) groups is 2. The van der Waals surface area contributed by atoms with Crippen LogP contribution in [-0.4, -0.2) is 84.9 Å². The fourth-order valence-electron chi connectivity index (χ4n) is 1.84. The van der Waals surface area contributed by atoms with Gasteiger partial charge in [0.2, 0.25) is 10.0 Å². The first-order valence-electron chi connectivity index (χ1n) is 6.00. The number of likely N-dealkylation sites (tertiary alicyclic amines) is 1. The van der Waals surface area contributed by atoms with Crippen molar-refractivity contribution in [2.45, 2.75) is 18.6 Å². The van der Waals surface area contributed by atoms with E-state index >= 15 is 0 Å². The van der Waals surface area contributed by atoms with E-state index in [1.54, 1.807) is 0 Å². The third kappa shape index (κ3) is 4.05. The molecule has 0 bridgehead atoms. The van der Waals surface area contributed by atoms with Crippen LogP contribution < -0.4 is 5.32 Å². The van der Waals surface area contributed by atoms with Crippen LogP contribution in [0.5, 0.6) is 0 Å². The molecule has 9 nitrogen and oxygen atoms in total. The lowest BCUT2D eigenvalue weighted by Gasteiger charge is -2.21. The van der Waals surface area contributed by atoms with E-state index in [-0.39, 0.29) is 25.3 Å². The van der Waals surface area contributed by atoms with E-state index in [1.807, 2.05) is 0 Å². The average Bonchev–Trinajstić information content (AvgIpc) is 2.71. The minimum absolute atomic E-state index is 0.0290. The van der Waals surface area contributed by atoms with E-state index in [9.17, 15) is 23.1 Å². The number of urea groups is 1. The molecule has 0 saturated carbocycles. The van der Waals surface area contributed by atoms with Crippen LogP contribution in [0.1, 0.15) is 6.42 Å². The molecule has 0 radical (unpaired) electrons. The topological polar surface area (TPSA) is 127 Å². The highest BCUT2D eigenvalue weighted by atomic mass is 32.2. The summed E-state index contributed by atoms with van der Waals surface area (Å²) >= 11 is 0. The van der Waals surface area contributed by atoms with E-state index in [0.717, 1.165) is 9.21 Å². The third-order valence-corrected chi connectivity index (χ3v) is 4.85. The van der Waals surface area contributed by atoms with Crippen molar-refractivity contribution in [2.24, 2.45) is 0 Å². The van der Waals surface area contributed by atoms with Crippen molar-refractivity contribution in [2.75, 3.05) is 32.9 Å². The lowest BCUT2D eigenvalue weighted by Crippen LogP contribution is -2.47. The summed E-state index contributed by atoms with van der Waals surface area (Å²) in [6.07, 6.45) is -0.911. The lowest BCUT2D eigenvalue weighted by atomic mass is 10.2. The number of aliphatic hydroxyl groups is 1. The quantitative estimate of drug-likeness (QED) is 0.545. The first-order valence-corrected chi connectivity index (χ1v) is 7.61. The number of carboxylic acids is 1. The van der Waals surface area contributed by atoms with E-state index < -0.39 is 34.2 Å². The number of hydrogen-bond donors (Lipinski definition) is 3. The second kappa shape index (κ2) is 6.37. The number of carboxylic acid groups (broad SMARTS) is 1. The first kappa shape index (κ1) is 16.7. The molecule has 1 aliphatic heterocycles. The van der Waals surface area contributed by atoms with E-state index in [4.69, 9.17) is 5.11 Å². The number of nitrogens with one attached hydrogen (secondary N) is 1. The van der Waals surface area contributed by atoms with Gasteiger partial charge in [0, 0.05) is 33.6 Å². The summed E-state index contributed by atoms with van der Waals surface area (Å²) in [5, 5.41) is 20.7. The van der Waals surface area contributed by atoms with Gasteiger partial charge in [0.15, 0.2) is 0 Å². The predicted molar refractivity (Wildman–Crippen MR) is 69.6 cm³/mol. The van der Waals surface area contributed by atoms with Gasteiger partial charge in [-0.2, -0.15) is 0 Å². The number of aliphatic hydroxyl groups excluding tert-OH is 1. The summed E-state index contributed by atoms with van der Waals surface area (Å²) in [5.74, 6) is -1.47. The van der Waals surface area contributed by atoms with Crippen LogP contribution in [0.2, 0.25) is 0 Å². The number of β-amino-alcohol motifs (C(OH)–C–C–N with tert-alkyl or cyclic N) is 1. The molecule has 0 aliphatic carbocycles. The number of aliphatic carboxylic acids is 1. The average molecular weight is 309 g/mol. The maximum atomic E-state index is 11.8. The molecule has 116 valence electrons. The summed E-state index contributed by atoms with van der Waals surface area (Å²) in [6, 6.07) is -1.78. The maximum Gasteiger partial charge on any atom is 0.326 e. The van der Waals surface area contributed by atoms with Crippen LogP contribution in [0.15, 0.2) is 0 Å². The Bertz CT molecular complexity index is 477. The minimum atomic E-state index is -3.42. The second-order valence-electron chi connectivity index (χ2n) is 4.73. The molecule has 3 N–H and O–H groups in total. The highest BCUT2D eigenvalue weighted by Crippen LogP contribution is 2.17. The zero-order valence-electron chi connectivity index (χ0n) is 11.3. The van der Waals surface area contributed by atoms with E-state index in [0.29, 0.717) is 0 Å². The van der Waals surface area contributed by atoms with Crippen molar-refractivity contribution in [1.29, 1.82) is 0 Å². The Labute approximate surface area is 117 Å². The molecule has 1 aliphatic rings. The highest BCUT2D eigenvalue weighted by molar-refractivity contribution is 7.89. The van der Waals surface area contributed by atoms with Gasteiger partial charge in [-0.25, -0.2) is 22.3 Å². The summed E-state index contributed by atoms with van der Waals surface area (Å²) in [7, 11) is -0.657. The van der Waals surface area contributed by atoms with E-state index in [2.05, 4.69) is 5.32 Å². The standard InChI is InChI=1S/C10H19N3O6S/c1-12(2)20(18,19)4-3-11-10(17)13-6-7(14)5-8(13)9(15)16/h7-8,14H,3-6H2,1-2H3,(H,11,17)(H,15,16)/t7-,8-/m1/s1. The molecule has 1 fully saturated rings. The Hall–Kier alpha value is -1.39. The van der Waals surface area contributed by atoms with Gasteiger partial charge in [0.05, 0.1) is 11.9 Å². The van der Waals surface area contributed by atoms with Crippen LogP contribution in [-0.2, 0) is 14.8 Å². The van der Waals surface area contributed by atoms with Gasteiger partial charge in [-0.05, 0) is 0 Å². The molecular weight excluding hydrogens is 290 g/mol. The van der Waals surface area contributed by atoms with Gasteiger partial charge in [0.1, 0.15) is 6.04 Å². The molecule has 20 heavy (non-hydrogen) atoms. The van der Waals surface area contributed by atoms with Crippen molar-refractivity contribution >= 4 is 22.0 Å². The molecule has 0 unspecified atom stereocenters. The number of rotatable bonds is 5. The Kier molecular flexibility index (Phi) is 5.31. The van der Waals surface area contributed by atoms with Crippen molar-refractivity contribution in [3.63, 3.8) is 0 Å². The van der Waals surface area contributed by atoms with Gasteiger partial charge >= 0.3 is 12.0 Å². The Morgan fingerprint density at radius 3 is 2.50 bits per heavy atom. The zero-order valence-corrected chi connectivity index (χ0v) is 12.1. The maximum absolute atomic E-state index is 11.8. The van der Waals surface area contributed by atoms with Gasteiger partial charge in [-0.3, -0.25) is 0 Å². The minimum Gasteiger partial charge on any atom is -0.480 e. The number of hydrogen-bond acceptors (Lipinski definition) is 5. The molecule has 0 aromatic rings. The summed E-state index contributed by atoms with van der Waals surface area (Å²) in [6.45, 7) is -0.207. The van der Waals surface area contributed by atoms with Gasteiger partial charge in [0.25, 0.3) is 0 Å². The fraction of sp³-hybridized carbons (Fsp3) is 0.800. The molecule has 1 rings (SSSR count). The molecule has 2 amide bonds. The first-order chi connectivity index (χ1) is 9.15. The van der Waals surface area contributed by atoms with Crippen LogP contribution in [0.25, 0.3) is 0 Å². The molecule has 0 aromatic carbocycles. The third-order valence-electron chi connectivity index (χ3n) is 3.02. The second-order valence-corrected chi connectivity index (χ2v) is 7.03. The molecule has 0 aromatic heterocycles. The Morgan fingerprint density at radius 2 is 2.00 bits per heavy atom. The van der Waals surface area contributed by atoms with Crippen molar-refractivity contribution in [1.82, 2.24) is 14.5 Å². The molecule has 1 saturated heterocycles. The van der Waals surface area contributed by atoms with Crippen molar-refractivity contribution in [3.8, 4) is 0 Å². The SMILES string of the molecule is CN(C)S(=O)(=O)CCNC(=O)N1C[C@H](O)C[C@@H]1C(=O)O. The monoisotopic (exact) mass is 309 g/mol. The number of sulfonamides is 1. The largest absolute Gasteiger partial charge is 0.480 e. The van der Waals surface area contributed by atoms with Gasteiger partial charge < -0.3 is 20.4 Å². The molecule has 10 heteroatoms. The highest BCUT2D eigenvalue weighted by Gasteiger charge is 2.38. The predicted octanol–water partition coefficient (Wildman–Crippen LogP) is -1.89. The number of carbonyl (C=O) groups excluding carboxylic acids is 1. The molecule has 1 heterocycles. The zero-order chi connectivity index (χ0) is 15.5. The van der Waals surface area contributed by atoms with Gasteiger partial charge in [-0.1, -0.05) is 0 Å². The Morgan fingerprint density at radius 1 is 1.40 bits per heavy atom. The Balaban J connectivity index is 2.53. The van der Waals surface area contributed by atoms with Crippen LogP contribution in [0.4, 0.5) is 4.79 Å². The van der Waals surface area contributed by atoms with Gasteiger partial charge in [-0.15, -0.1) is 0 Å². The van der Waals surface area contributed by atoms with Crippen LogP contribution in [0.3, 0.4) is 0 Å². The summed E-state index contributed by atoms with van der Waals surface area (Å²) < 4.78 is 24.0. The summed E-state index contributed by atoms with van der Waals surface area (Å²) in [5.41, 5.74) is 0. The lowest BCUT2D eigenvalue weighted by molar-refractivity contribution is -0.141. The van der Waals surface area contributed by atoms with Crippen LogP contribution in [0, 0.1) is 0 Å². The normalized spacial score (nSPS) is 23.1. The van der Waals surface area contributed by atoms with E-state index in [1.165, 1.54) is 14.1 Å².